The third kappa shape index (κ3) is 3.67. The van der Waals surface area contributed by atoms with Gasteiger partial charge in [0, 0.05) is 24.4 Å². The van der Waals surface area contributed by atoms with Crippen molar-refractivity contribution in [3.05, 3.63) is 58.2 Å². The summed E-state index contributed by atoms with van der Waals surface area (Å²) < 4.78 is 0. The quantitative estimate of drug-likeness (QED) is 0.938. The van der Waals surface area contributed by atoms with Gasteiger partial charge < -0.3 is 5.11 Å². The molecule has 1 aromatic heterocycles. The van der Waals surface area contributed by atoms with E-state index in [1.165, 1.54) is 22.3 Å². The highest BCUT2D eigenvalue weighted by Crippen LogP contribution is 2.27. The minimum Gasteiger partial charge on any atom is -0.392 e. The Labute approximate surface area is 127 Å². The Morgan fingerprint density at radius 1 is 1.00 bits per heavy atom. The summed E-state index contributed by atoms with van der Waals surface area (Å²) in [5.41, 5.74) is 6.13. The molecule has 0 fully saturated rings. The van der Waals surface area contributed by atoms with Crippen molar-refractivity contribution in [3.8, 4) is 0 Å². The van der Waals surface area contributed by atoms with Gasteiger partial charge in [-0.1, -0.05) is 32.9 Å². The Bertz CT molecular complexity index is 602. The van der Waals surface area contributed by atoms with Crippen LogP contribution in [0.3, 0.4) is 0 Å². The number of benzene rings is 1. The molecule has 0 amide bonds. The first-order valence-corrected chi connectivity index (χ1v) is 7.32. The minimum atomic E-state index is -0.0153. The van der Waals surface area contributed by atoms with Crippen LogP contribution < -0.4 is 0 Å². The Balaban J connectivity index is 2.31. The number of nitrogens with zero attached hydrogens (tertiary/aromatic N) is 2. The van der Waals surface area contributed by atoms with E-state index in [1.807, 2.05) is 0 Å². The third-order valence-electron chi connectivity index (χ3n) is 3.84. The highest BCUT2D eigenvalue weighted by Gasteiger charge is 2.16. The smallest absolute Gasteiger partial charge is 0.132 e. The summed E-state index contributed by atoms with van der Waals surface area (Å²) in [5, 5.41) is 9.03. The van der Waals surface area contributed by atoms with Gasteiger partial charge in [0.2, 0.25) is 0 Å². The van der Waals surface area contributed by atoms with Gasteiger partial charge in [0.25, 0.3) is 0 Å². The van der Waals surface area contributed by atoms with Crippen molar-refractivity contribution in [3.63, 3.8) is 0 Å². The molecule has 0 radical (unpaired) electrons. The van der Waals surface area contributed by atoms with E-state index in [9.17, 15) is 0 Å². The zero-order chi connectivity index (χ0) is 15.6. The fourth-order valence-electron chi connectivity index (χ4n) is 2.42. The lowest BCUT2D eigenvalue weighted by atomic mass is 9.83. The Hall–Kier alpha value is -1.74. The van der Waals surface area contributed by atoms with Crippen LogP contribution in [0.4, 0.5) is 0 Å². The lowest BCUT2D eigenvalue weighted by Crippen LogP contribution is -2.13. The van der Waals surface area contributed by atoms with Gasteiger partial charge in [0.1, 0.15) is 5.82 Å². The summed E-state index contributed by atoms with van der Waals surface area (Å²) in [6.45, 7) is 11.0. The number of aryl methyl sites for hydroxylation is 2. The summed E-state index contributed by atoms with van der Waals surface area (Å²) in [5.74, 6) is 0.793. The maximum absolute atomic E-state index is 9.03. The molecular formula is C18H24N2O. The standard InChI is InChI=1S/C18H24N2O/c1-12-6-15(18(3,4)5)7-13(2)16(12)8-17-19-9-14(11-21)10-20-17/h6-7,9-10,21H,8,11H2,1-5H3. The second kappa shape index (κ2) is 5.94. The molecule has 0 unspecified atom stereocenters. The van der Waals surface area contributed by atoms with Crippen molar-refractivity contribution in [1.82, 2.24) is 9.97 Å². The predicted molar refractivity (Wildman–Crippen MR) is 85.4 cm³/mol. The molecule has 0 aliphatic rings. The molecule has 0 aliphatic carbocycles. The van der Waals surface area contributed by atoms with Crippen LogP contribution in [-0.2, 0) is 18.4 Å². The van der Waals surface area contributed by atoms with Gasteiger partial charge in [0.15, 0.2) is 0 Å². The number of hydrogen-bond acceptors (Lipinski definition) is 3. The normalized spacial score (nSPS) is 11.7. The van der Waals surface area contributed by atoms with Crippen molar-refractivity contribution in [2.45, 2.75) is 53.1 Å². The van der Waals surface area contributed by atoms with Crippen LogP contribution in [0, 0.1) is 13.8 Å². The molecule has 2 aromatic rings. The fraction of sp³-hybridized carbons (Fsp3) is 0.444. The predicted octanol–water partition coefficient (Wildman–Crippen LogP) is 3.47. The van der Waals surface area contributed by atoms with E-state index in [2.05, 4.69) is 56.7 Å². The van der Waals surface area contributed by atoms with Gasteiger partial charge in [-0.2, -0.15) is 0 Å². The van der Waals surface area contributed by atoms with Crippen LogP contribution in [-0.4, -0.2) is 15.1 Å². The van der Waals surface area contributed by atoms with Crippen LogP contribution in [0.1, 0.15) is 54.4 Å². The fourth-order valence-corrected chi connectivity index (χ4v) is 2.42. The number of rotatable bonds is 3. The lowest BCUT2D eigenvalue weighted by Gasteiger charge is -2.22. The minimum absolute atomic E-state index is 0.0153. The monoisotopic (exact) mass is 284 g/mol. The van der Waals surface area contributed by atoms with E-state index < -0.39 is 0 Å². The van der Waals surface area contributed by atoms with E-state index in [4.69, 9.17) is 5.11 Å². The zero-order valence-electron chi connectivity index (χ0n) is 13.6. The van der Waals surface area contributed by atoms with Crippen molar-refractivity contribution in [2.24, 2.45) is 0 Å². The van der Waals surface area contributed by atoms with Crippen LogP contribution in [0.25, 0.3) is 0 Å². The van der Waals surface area contributed by atoms with Crippen molar-refractivity contribution in [2.75, 3.05) is 0 Å². The third-order valence-corrected chi connectivity index (χ3v) is 3.84. The second-order valence-electron chi connectivity index (χ2n) is 6.68. The maximum Gasteiger partial charge on any atom is 0.132 e. The molecule has 1 N–H and O–H groups in total. The summed E-state index contributed by atoms with van der Waals surface area (Å²) in [6, 6.07) is 4.54. The van der Waals surface area contributed by atoms with Gasteiger partial charge in [-0.05, 0) is 41.5 Å². The maximum atomic E-state index is 9.03. The molecule has 0 saturated carbocycles. The first-order valence-electron chi connectivity index (χ1n) is 7.32. The molecule has 3 heteroatoms. The van der Waals surface area contributed by atoms with E-state index in [0.29, 0.717) is 0 Å². The molecule has 1 aromatic carbocycles. The number of aromatic nitrogens is 2. The van der Waals surface area contributed by atoms with Gasteiger partial charge in [-0.25, -0.2) is 9.97 Å². The van der Waals surface area contributed by atoms with Crippen LogP contribution >= 0.6 is 0 Å². The molecule has 112 valence electrons. The van der Waals surface area contributed by atoms with Gasteiger partial charge in [-0.15, -0.1) is 0 Å². The molecule has 21 heavy (non-hydrogen) atoms. The molecule has 0 aliphatic heterocycles. The zero-order valence-corrected chi connectivity index (χ0v) is 13.6. The van der Waals surface area contributed by atoms with Crippen molar-refractivity contribution < 1.29 is 5.11 Å². The topological polar surface area (TPSA) is 46.0 Å². The van der Waals surface area contributed by atoms with Gasteiger partial charge in [-0.3, -0.25) is 0 Å². The summed E-state index contributed by atoms with van der Waals surface area (Å²) in [6.07, 6.45) is 4.11. The highest BCUT2D eigenvalue weighted by molar-refractivity contribution is 5.41. The van der Waals surface area contributed by atoms with E-state index >= 15 is 0 Å². The largest absolute Gasteiger partial charge is 0.392 e. The highest BCUT2D eigenvalue weighted by atomic mass is 16.3. The molecule has 3 nitrogen and oxygen atoms in total. The molecule has 1 heterocycles. The Kier molecular flexibility index (Phi) is 4.43. The summed E-state index contributed by atoms with van der Waals surface area (Å²) in [4.78, 5) is 8.65. The molecule has 0 atom stereocenters. The number of aliphatic hydroxyl groups excluding tert-OH is 1. The average molecular weight is 284 g/mol. The lowest BCUT2D eigenvalue weighted by molar-refractivity contribution is 0.280. The van der Waals surface area contributed by atoms with E-state index in [-0.39, 0.29) is 12.0 Å². The molecule has 0 spiro atoms. The molecule has 0 saturated heterocycles. The Morgan fingerprint density at radius 3 is 1.95 bits per heavy atom. The summed E-state index contributed by atoms with van der Waals surface area (Å²) in [7, 11) is 0. The first kappa shape index (κ1) is 15.6. The first-order chi connectivity index (χ1) is 9.81. The van der Waals surface area contributed by atoms with Crippen LogP contribution in [0.15, 0.2) is 24.5 Å². The van der Waals surface area contributed by atoms with Crippen LogP contribution in [0.5, 0.6) is 0 Å². The van der Waals surface area contributed by atoms with Crippen molar-refractivity contribution in [1.29, 1.82) is 0 Å². The van der Waals surface area contributed by atoms with E-state index in [0.717, 1.165) is 17.8 Å². The average Bonchev–Trinajstić information content (AvgIpc) is 2.42. The summed E-state index contributed by atoms with van der Waals surface area (Å²) >= 11 is 0. The van der Waals surface area contributed by atoms with Crippen molar-refractivity contribution >= 4 is 0 Å². The number of aliphatic hydroxyl groups is 1. The molecular weight excluding hydrogens is 260 g/mol. The second-order valence-corrected chi connectivity index (χ2v) is 6.68. The van der Waals surface area contributed by atoms with E-state index in [1.54, 1.807) is 12.4 Å². The Morgan fingerprint density at radius 2 is 1.52 bits per heavy atom. The molecule has 0 bridgehead atoms. The van der Waals surface area contributed by atoms with Crippen LogP contribution in [0.2, 0.25) is 0 Å². The molecule has 2 rings (SSSR count). The van der Waals surface area contributed by atoms with Gasteiger partial charge >= 0.3 is 0 Å². The number of hydrogen-bond donors (Lipinski definition) is 1. The SMILES string of the molecule is Cc1cc(C(C)(C)C)cc(C)c1Cc1ncc(CO)cn1. The van der Waals surface area contributed by atoms with Gasteiger partial charge in [0.05, 0.1) is 6.61 Å².